The van der Waals surface area contributed by atoms with Crippen molar-refractivity contribution < 1.29 is 14.6 Å². The van der Waals surface area contributed by atoms with Crippen LogP contribution in [-0.4, -0.2) is 18.2 Å². The molecule has 18 heavy (non-hydrogen) atoms. The Morgan fingerprint density at radius 2 is 2.11 bits per heavy atom. The number of carbonyl (C=O) groups is 1. The van der Waals surface area contributed by atoms with Gasteiger partial charge in [-0.15, -0.1) is 0 Å². The molecule has 0 aliphatic rings. The first-order valence-electron chi connectivity index (χ1n) is 6.00. The largest absolute Gasteiger partial charge is 0.497 e. The van der Waals surface area contributed by atoms with Crippen molar-refractivity contribution in [2.45, 2.75) is 32.6 Å². The summed E-state index contributed by atoms with van der Waals surface area (Å²) in [5.41, 5.74) is 1.13. The number of carboxylic acid groups (broad SMARTS) is 1. The summed E-state index contributed by atoms with van der Waals surface area (Å²) in [5.74, 6) is -0.0733. The van der Waals surface area contributed by atoms with Crippen LogP contribution >= 0.6 is 0 Å². The quantitative estimate of drug-likeness (QED) is 0.812. The van der Waals surface area contributed by atoms with Gasteiger partial charge in [0.15, 0.2) is 0 Å². The number of rotatable bonds is 5. The first-order valence-corrected chi connectivity index (χ1v) is 6.00. The Hall–Kier alpha value is -1.77. The zero-order valence-electron chi connectivity index (χ0n) is 11.4. The number of aliphatic carboxylic acids is 1. The molecule has 3 nitrogen and oxygen atoms in total. The van der Waals surface area contributed by atoms with Crippen LogP contribution in [0.25, 0.3) is 0 Å². The van der Waals surface area contributed by atoms with E-state index in [0.29, 0.717) is 12.0 Å². The summed E-state index contributed by atoms with van der Waals surface area (Å²) in [5, 5.41) is 9.09. The van der Waals surface area contributed by atoms with E-state index in [0.717, 1.165) is 11.3 Å². The van der Waals surface area contributed by atoms with E-state index in [1.807, 2.05) is 51.1 Å². The van der Waals surface area contributed by atoms with Gasteiger partial charge in [0.1, 0.15) is 5.75 Å². The number of carboxylic acids is 1. The molecule has 1 aromatic carbocycles. The van der Waals surface area contributed by atoms with Crippen LogP contribution in [0, 0.1) is 0 Å². The maximum Gasteiger partial charge on any atom is 0.331 e. The Bertz CT molecular complexity index is 459. The van der Waals surface area contributed by atoms with Crippen molar-refractivity contribution in [1.29, 1.82) is 0 Å². The Kier molecular flexibility index (Phi) is 4.54. The number of methoxy groups -OCH3 is 1. The van der Waals surface area contributed by atoms with Crippen molar-refractivity contribution in [3.63, 3.8) is 0 Å². The number of ether oxygens (including phenoxy) is 1. The maximum atomic E-state index is 11.1. The van der Waals surface area contributed by atoms with Crippen LogP contribution in [0.3, 0.4) is 0 Å². The smallest absolute Gasteiger partial charge is 0.331 e. The van der Waals surface area contributed by atoms with Gasteiger partial charge in [-0.05, 0) is 24.1 Å². The van der Waals surface area contributed by atoms with Gasteiger partial charge in [0.25, 0.3) is 0 Å². The van der Waals surface area contributed by atoms with Gasteiger partial charge in [0.2, 0.25) is 0 Å². The van der Waals surface area contributed by atoms with Crippen molar-refractivity contribution in [1.82, 2.24) is 0 Å². The molecule has 0 unspecified atom stereocenters. The Labute approximate surface area is 108 Å². The van der Waals surface area contributed by atoms with E-state index in [4.69, 9.17) is 9.84 Å². The average Bonchev–Trinajstić information content (AvgIpc) is 2.35. The Morgan fingerprint density at radius 1 is 1.44 bits per heavy atom. The van der Waals surface area contributed by atoms with Gasteiger partial charge in [0.05, 0.1) is 7.11 Å². The minimum absolute atomic E-state index is 0.335. The molecule has 0 aliphatic carbocycles. The summed E-state index contributed by atoms with van der Waals surface area (Å²) in [7, 11) is 1.62. The van der Waals surface area contributed by atoms with E-state index < -0.39 is 5.97 Å². The summed E-state index contributed by atoms with van der Waals surface area (Å²) in [4.78, 5) is 11.1. The maximum absolute atomic E-state index is 11.1. The number of hydrogen-bond acceptors (Lipinski definition) is 2. The second kappa shape index (κ2) is 5.71. The van der Waals surface area contributed by atoms with E-state index in [1.165, 1.54) is 0 Å². The first-order chi connectivity index (χ1) is 8.40. The molecule has 1 rings (SSSR count). The summed E-state index contributed by atoms with van der Waals surface area (Å²) in [6, 6.07) is 7.71. The molecule has 1 N–H and O–H groups in total. The molecule has 98 valence electrons. The minimum Gasteiger partial charge on any atom is -0.497 e. The van der Waals surface area contributed by atoms with Crippen molar-refractivity contribution in [2.75, 3.05) is 7.11 Å². The highest BCUT2D eigenvalue weighted by molar-refractivity contribution is 5.86. The van der Waals surface area contributed by atoms with E-state index in [1.54, 1.807) is 7.11 Å². The highest BCUT2D eigenvalue weighted by Gasteiger charge is 2.20. The molecule has 0 atom stereocenters. The molecule has 0 heterocycles. The van der Waals surface area contributed by atoms with Crippen LogP contribution in [0.4, 0.5) is 0 Å². The molecule has 3 heteroatoms. The summed E-state index contributed by atoms with van der Waals surface area (Å²) < 4.78 is 5.19. The predicted octanol–water partition coefficient (Wildman–Crippen LogP) is 3.39. The van der Waals surface area contributed by atoms with Crippen LogP contribution in [0.1, 0.15) is 32.8 Å². The third-order valence-corrected chi connectivity index (χ3v) is 3.00. The van der Waals surface area contributed by atoms with Crippen molar-refractivity contribution >= 4 is 5.97 Å². The molecule has 0 amide bonds. The lowest BCUT2D eigenvalue weighted by Gasteiger charge is -2.22. The topological polar surface area (TPSA) is 46.5 Å². The van der Waals surface area contributed by atoms with E-state index in [9.17, 15) is 4.79 Å². The molecule has 1 aromatic rings. The van der Waals surface area contributed by atoms with Crippen LogP contribution < -0.4 is 4.74 Å². The highest BCUT2D eigenvalue weighted by Crippen LogP contribution is 2.29. The fourth-order valence-corrected chi connectivity index (χ4v) is 1.86. The standard InChI is InChI=1S/C15H20O3/c1-5-11(14(16)17)10-15(2,3)12-7-6-8-13(9-12)18-4/h6-10H,5H2,1-4H3,(H,16,17). The van der Waals surface area contributed by atoms with Gasteiger partial charge in [-0.3, -0.25) is 0 Å². The van der Waals surface area contributed by atoms with E-state index in [-0.39, 0.29) is 5.41 Å². The molecule has 0 aliphatic heterocycles. The molecule has 0 saturated heterocycles. The SMILES string of the molecule is CCC(=CC(C)(C)c1cccc(OC)c1)C(=O)O. The summed E-state index contributed by atoms with van der Waals surface area (Å²) in [6.45, 7) is 5.85. The van der Waals surface area contributed by atoms with Gasteiger partial charge in [-0.2, -0.15) is 0 Å². The van der Waals surface area contributed by atoms with E-state index in [2.05, 4.69) is 0 Å². The Morgan fingerprint density at radius 3 is 2.61 bits per heavy atom. The molecular weight excluding hydrogens is 228 g/mol. The minimum atomic E-state index is -0.853. The zero-order valence-corrected chi connectivity index (χ0v) is 11.4. The van der Waals surface area contributed by atoms with E-state index >= 15 is 0 Å². The van der Waals surface area contributed by atoms with Gasteiger partial charge in [0, 0.05) is 11.0 Å². The summed E-state index contributed by atoms with van der Waals surface area (Å²) >= 11 is 0. The zero-order chi connectivity index (χ0) is 13.8. The first kappa shape index (κ1) is 14.3. The predicted molar refractivity (Wildman–Crippen MR) is 72.0 cm³/mol. The fraction of sp³-hybridized carbons (Fsp3) is 0.400. The monoisotopic (exact) mass is 248 g/mol. The molecule has 0 bridgehead atoms. The normalized spacial score (nSPS) is 12.3. The molecule has 0 radical (unpaired) electrons. The lowest BCUT2D eigenvalue weighted by molar-refractivity contribution is -0.132. The average molecular weight is 248 g/mol. The van der Waals surface area contributed by atoms with Gasteiger partial charge < -0.3 is 9.84 Å². The van der Waals surface area contributed by atoms with Crippen molar-refractivity contribution in [2.24, 2.45) is 0 Å². The summed E-state index contributed by atoms with van der Waals surface area (Å²) in [6.07, 6.45) is 2.33. The van der Waals surface area contributed by atoms with Gasteiger partial charge in [-0.25, -0.2) is 4.79 Å². The number of allylic oxidation sites excluding steroid dienone is 1. The van der Waals surface area contributed by atoms with Crippen LogP contribution in [-0.2, 0) is 10.2 Å². The Balaban J connectivity index is 3.15. The lowest BCUT2D eigenvalue weighted by atomic mass is 9.82. The molecular formula is C15H20O3. The van der Waals surface area contributed by atoms with Crippen molar-refractivity contribution in [3.05, 3.63) is 41.5 Å². The van der Waals surface area contributed by atoms with Gasteiger partial charge >= 0.3 is 5.97 Å². The fourth-order valence-electron chi connectivity index (χ4n) is 1.86. The number of hydrogen-bond donors (Lipinski definition) is 1. The number of benzene rings is 1. The van der Waals surface area contributed by atoms with Crippen molar-refractivity contribution in [3.8, 4) is 5.75 Å². The molecule has 0 aromatic heterocycles. The third-order valence-electron chi connectivity index (χ3n) is 3.00. The molecule has 0 fully saturated rings. The van der Waals surface area contributed by atoms with Crippen LogP contribution in [0.5, 0.6) is 5.75 Å². The highest BCUT2D eigenvalue weighted by atomic mass is 16.5. The second-order valence-corrected chi connectivity index (χ2v) is 4.78. The second-order valence-electron chi connectivity index (χ2n) is 4.78. The third kappa shape index (κ3) is 3.36. The van der Waals surface area contributed by atoms with Crippen LogP contribution in [0.2, 0.25) is 0 Å². The molecule has 0 spiro atoms. The lowest BCUT2D eigenvalue weighted by Crippen LogP contribution is -2.16. The van der Waals surface area contributed by atoms with Gasteiger partial charge in [-0.1, -0.05) is 39.0 Å². The molecule has 0 saturated carbocycles. The van der Waals surface area contributed by atoms with Crippen LogP contribution in [0.15, 0.2) is 35.9 Å².